The van der Waals surface area contributed by atoms with Crippen LogP contribution in [-0.4, -0.2) is 76.2 Å². The van der Waals surface area contributed by atoms with Crippen LogP contribution >= 0.6 is 0 Å². The number of aliphatic hydroxyl groups excluding tert-OH is 3. The van der Waals surface area contributed by atoms with E-state index < -0.39 is 10.4 Å². The molecule has 0 aromatic rings. The third kappa shape index (κ3) is 31.0. The molecule has 0 fully saturated rings. The van der Waals surface area contributed by atoms with Gasteiger partial charge in [0.2, 0.25) is 0 Å². The van der Waals surface area contributed by atoms with Gasteiger partial charge >= 0.3 is 10.4 Å². The van der Waals surface area contributed by atoms with E-state index >= 15 is 0 Å². The Balaban J connectivity index is 0. The summed E-state index contributed by atoms with van der Waals surface area (Å²) in [5.74, 6) is 0. The third-order valence-electron chi connectivity index (χ3n) is 8.20. The predicted octanol–water partition coefficient (Wildman–Crippen LogP) is 7.75. The SMILES string of the molecule is CCCCCCCCCCCCCCC(CO)(CCCCCCCCCCCC)N(CCO)CCO.O=S(=O)(O)O. The summed E-state index contributed by atoms with van der Waals surface area (Å²) in [4.78, 5) is 2.18. The summed E-state index contributed by atoms with van der Waals surface area (Å²) in [5.41, 5.74) is -0.288. The van der Waals surface area contributed by atoms with Crippen molar-refractivity contribution < 1.29 is 32.8 Å². The zero-order chi connectivity index (χ0) is 31.1. The van der Waals surface area contributed by atoms with Crippen LogP contribution in [0.5, 0.6) is 0 Å². The van der Waals surface area contributed by atoms with Crippen molar-refractivity contribution >= 4 is 10.4 Å². The van der Waals surface area contributed by atoms with Gasteiger partial charge in [-0.25, -0.2) is 0 Å². The number of nitrogens with zero attached hydrogens (tertiary/aromatic N) is 1. The molecule has 0 saturated carbocycles. The smallest absolute Gasteiger partial charge is 0.394 e. The Labute approximate surface area is 254 Å². The zero-order valence-corrected chi connectivity index (χ0v) is 27.7. The van der Waals surface area contributed by atoms with Crippen molar-refractivity contribution in [3.05, 3.63) is 0 Å². The van der Waals surface area contributed by atoms with Gasteiger partial charge in [-0.2, -0.15) is 8.42 Å². The highest BCUT2D eigenvalue weighted by Crippen LogP contribution is 2.29. The summed E-state index contributed by atoms with van der Waals surface area (Å²) >= 11 is 0. The van der Waals surface area contributed by atoms with Crippen LogP contribution < -0.4 is 0 Å². The second kappa shape index (κ2) is 31.1. The van der Waals surface area contributed by atoms with Crippen molar-refractivity contribution in [2.24, 2.45) is 0 Å². The number of aliphatic hydroxyl groups is 3. The number of hydrogen-bond acceptors (Lipinski definition) is 6. The van der Waals surface area contributed by atoms with Crippen molar-refractivity contribution in [2.45, 2.75) is 173 Å². The predicted molar refractivity (Wildman–Crippen MR) is 172 cm³/mol. The van der Waals surface area contributed by atoms with Gasteiger partial charge in [0.15, 0.2) is 0 Å². The minimum atomic E-state index is -4.67. The Morgan fingerprint density at radius 1 is 0.488 bits per heavy atom. The number of β-amino-alcohol motifs (C(OH)–C–C–N with tert-alkyl or cyclic N) is 2. The van der Waals surface area contributed by atoms with Gasteiger partial charge < -0.3 is 15.3 Å². The standard InChI is InChI=1S/C32H67NO3.H2O4S/c1-3-5-7-9-11-13-15-16-18-20-22-24-26-32(31-36,33(27-29-34)28-30-35)25-23-21-19-17-14-12-10-8-6-4-2;1-5(2,3)4/h34-36H,3-31H2,1-2H3;(H2,1,2,3,4). The minimum Gasteiger partial charge on any atom is -0.395 e. The quantitative estimate of drug-likeness (QED) is 0.0410. The van der Waals surface area contributed by atoms with Crippen molar-refractivity contribution in [2.75, 3.05) is 32.9 Å². The van der Waals surface area contributed by atoms with Gasteiger partial charge in [0.25, 0.3) is 0 Å². The monoisotopic (exact) mass is 611 g/mol. The normalized spacial score (nSPS) is 13.3. The third-order valence-corrected chi connectivity index (χ3v) is 8.20. The minimum absolute atomic E-state index is 0.0816. The van der Waals surface area contributed by atoms with Crippen molar-refractivity contribution in [1.82, 2.24) is 4.90 Å². The molecule has 0 aliphatic heterocycles. The average Bonchev–Trinajstić information content (AvgIpc) is 2.92. The molecule has 0 bridgehead atoms. The molecule has 0 heterocycles. The first-order chi connectivity index (χ1) is 19.7. The summed E-state index contributed by atoms with van der Waals surface area (Å²) in [5, 5.41) is 29.8. The second-order valence-electron chi connectivity index (χ2n) is 11.8. The fourth-order valence-electron chi connectivity index (χ4n) is 5.76. The van der Waals surface area contributed by atoms with E-state index in [0.29, 0.717) is 13.1 Å². The molecule has 0 aromatic heterocycles. The number of unbranched alkanes of at least 4 members (excludes halogenated alkanes) is 20. The topological polar surface area (TPSA) is 139 Å². The van der Waals surface area contributed by atoms with E-state index in [1.165, 1.54) is 128 Å². The molecule has 0 amide bonds. The summed E-state index contributed by atoms with van der Waals surface area (Å²) in [6.45, 7) is 5.92. The molecule has 9 heteroatoms. The fourth-order valence-corrected chi connectivity index (χ4v) is 5.76. The summed E-state index contributed by atoms with van der Waals surface area (Å²) in [7, 11) is -4.67. The van der Waals surface area contributed by atoms with Crippen LogP contribution in [0.2, 0.25) is 0 Å². The van der Waals surface area contributed by atoms with Crippen LogP contribution in [0, 0.1) is 0 Å². The van der Waals surface area contributed by atoms with Gasteiger partial charge in [-0.05, 0) is 12.8 Å². The fraction of sp³-hybridized carbons (Fsp3) is 1.00. The van der Waals surface area contributed by atoms with Crippen LogP contribution in [0.25, 0.3) is 0 Å². The van der Waals surface area contributed by atoms with Gasteiger partial charge in [-0.1, -0.05) is 155 Å². The van der Waals surface area contributed by atoms with Gasteiger partial charge in [0.1, 0.15) is 0 Å². The van der Waals surface area contributed by atoms with E-state index in [-0.39, 0.29) is 25.4 Å². The Bertz CT molecular complexity index is 607. The maximum Gasteiger partial charge on any atom is 0.394 e. The van der Waals surface area contributed by atoms with E-state index in [2.05, 4.69) is 18.7 Å². The van der Waals surface area contributed by atoms with Gasteiger partial charge in [0.05, 0.1) is 19.8 Å². The summed E-state index contributed by atoms with van der Waals surface area (Å²) in [6.07, 6.45) is 31.2. The largest absolute Gasteiger partial charge is 0.395 e. The lowest BCUT2D eigenvalue weighted by Crippen LogP contribution is -2.53. The molecule has 0 aliphatic rings. The van der Waals surface area contributed by atoms with Crippen LogP contribution in [-0.2, 0) is 10.4 Å². The molecule has 0 saturated heterocycles. The second-order valence-corrected chi connectivity index (χ2v) is 12.7. The molecule has 5 N–H and O–H groups in total. The molecular formula is C32H69NO7S. The lowest BCUT2D eigenvalue weighted by atomic mass is 9.84. The van der Waals surface area contributed by atoms with E-state index in [9.17, 15) is 15.3 Å². The lowest BCUT2D eigenvalue weighted by Gasteiger charge is -2.43. The molecular weight excluding hydrogens is 542 g/mol. The van der Waals surface area contributed by atoms with Gasteiger partial charge in [-0.15, -0.1) is 0 Å². The summed E-state index contributed by atoms with van der Waals surface area (Å²) in [6, 6.07) is 0. The molecule has 0 radical (unpaired) electrons. The molecule has 41 heavy (non-hydrogen) atoms. The summed E-state index contributed by atoms with van der Waals surface area (Å²) < 4.78 is 31.6. The average molecular weight is 612 g/mol. The first kappa shape index (κ1) is 42.8. The number of hydrogen-bond donors (Lipinski definition) is 5. The van der Waals surface area contributed by atoms with Gasteiger partial charge in [-0.3, -0.25) is 14.0 Å². The van der Waals surface area contributed by atoms with Crippen molar-refractivity contribution in [1.29, 1.82) is 0 Å². The van der Waals surface area contributed by atoms with E-state index in [4.69, 9.17) is 17.5 Å². The molecule has 0 spiro atoms. The molecule has 250 valence electrons. The van der Waals surface area contributed by atoms with E-state index in [0.717, 1.165) is 25.7 Å². The van der Waals surface area contributed by atoms with E-state index in [1.54, 1.807) is 0 Å². The molecule has 1 atom stereocenters. The van der Waals surface area contributed by atoms with Crippen molar-refractivity contribution in [3.63, 3.8) is 0 Å². The van der Waals surface area contributed by atoms with Crippen LogP contribution in [0.3, 0.4) is 0 Å². The first-order valence-corrected chi connectivity index (χ1v) is 18.4. The Hall–Kier alpha value is -0.290. The highest BCUT2D eigenvalue weighted by atomic mass is 32.3. The molecule has 0 aromatic carbocycles. The highest BCUT2D eigenvalue weighted by Gasteiger charge is 2.34. The van der Waals surface area contributed by atoms with Crippen LogP contribution in [0.1, 0.15) is 168 Å². The maximum absolute atomic E-state index is 10.5. The van der Waals surface area contributed by atoms with Crippen molar-refractivity contribution in [3.8, 4) is 0 Å². The van der Waals surface area contributed by atoms with E-state index in [1.807, 2.05) is 0 Å². The zero-order valence-electron chi connectivity index (χ0n) is 26.9. The maximum atomic E-state index is 10.5. The molecule has 8 nitrogen and oxygen atoms in total. The highest BCUT2D eigenvalue weighted by molar-refractivity contribution is 7.79. The van der Waals surface area contributed by atoms with Crippen LogP contribution in [0.15, 0.2) is 0 Å². The van der Waals surface area contributed by atoms with Crippen LogP contribution in [0.4, 0.5) is 0 Å². The lowest BCUT2D eigenvalue weighted by molar-refractivity contribution is -0.00725. The first-order valence-electron chi connectivity index (χ1n) is 17.0. The molecule has 1 unspecified atom stereocenters. The molecule has 0 aliphatic carbocycles. The molecule has 0 rings (SSSR count). The Kier molecular flexibility index (Phi) is 32.5. The number of rotatable bonds is 30. The Morgan fingerprint density at radius 3 is 0.951 bits per heavy atom. The Morgan fingerprint density at radius 2 is 0.732 bits per heavy atom. The van der Waals surface area contributed by atoms with Gasteiger partial charge in [0, 0.05) is 18.6 Å².